The van der Waals surface area contributed by atoms with Gasteiger partial charge >= 0.3 is 0 Å². The number of aromatic nitrogens is 1. The molecule has 3 rings (SSSR count). The van der Waals surface area contributed by atoms with Gasteiger partial charge in [0.05, 0.1) is 32.7 Å². The van der Waals surface area contributed by atoms with E-state index in [9.17, 15) is 8.42 Å². The fourth-order valence-electron chi connectivity index (χ4n) is 2.62. The van der Waals surface area contributed by atoms with Crippen molar-refractivity contribution in [2.45, 2.75) is 11.8 Å². The first-order valence-corrected chi connectivity index (χ1v) is 9.72. The highest BCUT2D eigenvalue weighted by Gasteiger charge is 2.21. The minimum atomic E-state index is -3.93. The number of aryl methyl sites for hydroxylation is 1. The second kappa shape index (κ2) is 7.81. The molecule has 0 saturated carbocycles. The third-order valence-corrected chi connectivity index (χ3v) is 5.39. The Balaban J connectivity index is 1.97. The summed E-state index contributed by atoms with van der Waals surface area (Å²) < 4.78 is 49.2. The van der Waals surface area contributed by atoms with Crippen LogP contribution in [-0.2, 0) is 10.0 Å². The molecule has 2 aromatic carbocycles. The monoisotopic (exact) mass is 404 g/mol. The molecule has 0 unspecified atom stereocenters. The van der Waals surface area contributed by atoms with E-state index in [1.54, 1.807) is 43.3 Å². The molecule has 0 fully saturated rings. The fourth-order valence-corrected chi connectivity index (χ4v) is 3.81. The van der Waals surface area contributed by atoms with Crippen molar-refractivity contribution in [2.24, 2.45) is 0 Å². The molecule has 8 nitrogen and oxygen atoms in total. The molecule has 0 aliphatic rings. The molecule has 0 aliphatic heterocycles. The van der Waals surface area contributed by atoms with Crippen molar-refractivity contribution in [1.29, 1.82) is 0 Å². The van der Waals surface area contributed by atoms with Gasteiger partial charge in [0.15, 0.2) is 5.76 Å². The summed E-state index contributed by atoms with van der Waals surface area (Å²) in [6.07, 6.45) is 0. The van der Waals surface area contributed by atoms with Crippen LogP contribution in [0.3, 0.4) is 0 Å². The number of benzene rings is 2. The predicted octanol–water partition coefficient (Wildman–Crippen LogP) is 3.48. The van der Waals surface area contributed by atoms with E-state index in [0.717, 1.165) is 5.69 Å². The van der Waals surface area contributed by atoms with Crippen LogP contribution in [-0.4, -0.2) is 34.9 Å². The van der Waals surface area contributed by atoms with Gasteiger partial charge in [-0.1, -0.05) is 5.16 Å². The number of rotatable bonds is 7. The van der Waals surface area contributed by atoms with Gasteiger partial charge in [-0.15, -0.1) is 0 Å². The van der Waals surface area contributed by atoms with Gasteiger partial charge in [0.2, 0.25) is 0 Å². The van der Waals surface area contributed by atoms with Gasteiger partial charge in [0.25, 0.3) is 10.0 Å². The van der Waals surface area contributed by atoms with Crippen molar-refractivity contribution in [1.82, 2.24) is 5.16 Å². The predicted molar refractivity (Wildman–Crippen MR) is 104 cm³/mol. The summed E-state index contributed by atoms with van der Waals surface area (Å²) in [7, 11) is 0.441. The average molecular weight is 404 g/mol. The third kappa shape index (κ3) is 4.04. The van der Waals surface area contributed by atoms with Gasteiger partial charge < -0.3 is 18.7 Å². The van der Waals surface area contributed by atoms with Crippen LogP contribution in [0.2, 0.25) is 0 Å². The molecule has 0 radical (unpaired) electrons. The summed E-state index contributed by atoms with van der Waals surface area (Å²) in [5.74, 6) is 1.61. The molecule has 28 heavy (non-hydrogen) atoms. The van der Waals surface area contributed by atoms with Crippen LogP contribution in [0.1, 0.15) is 5.69 Å². The first-order chi connectivity index (χ1) is 13.4. The number of methoxy groups -OCH3 is 3. The normalized spacial score (nSPS) is 11.1. The van der Waals surface area contributed by atoms with E-state index in [2.05, 4.69) is 9.88 Å². The van der Waals surface area contributed by atoms with Crippen molar-refractivity contribution >= 4 is 15.7 Å². The molecule has 3 aromatic rings. The molecular weight excluding hydrogens is 384 g/mol. The molecule has 0 aliphatic carbocycles. The first-order valence-electron chi connectivity index (χ1n) is 8.24. The molecule has 9 heteroatoms. The van der Waals surface area contributed by atoms with Crippen molar-refractivity contribution in [2.75, 3.05) is 26.1 Å². The first kappa shape index (κ1) is 19.6. The van der Waals surface area contributed by atoms with Crippen LogP contribution in [0.5, 0.6) is 17.2 Å². The number of nitrogens with zero attached hydrogens (tertiary/aromatic N) is 1. The van der Waals surface area contributed by atoms with Gasteiger partial charge in [-0.25, -0.2) is 8.42 Å². The summed E-state index contributed by atoms with van der Waals surface area (Å²) >= 11 is 0. The third-order valence-electron chi connectivity index (χ3n) is 3.97. The Morgan fingerprint density at radius 1 is 0.929 bits per heavy atom. The second-order valence-corrected chi connectivity index (χ2v) is 7.56. The molecule has 0 atom stereocenters. The molecule has 0 amide bonds. The quantitative estimate of drug-likeness (QED) is 0.643. The number of nitrogens with one attached hydrogen (secondary N) is 1. The summed E-state index contributed by atoms with van der Waals surface area (Å²) in [4.78, 5) is -0.0169. The van der Waals surface area contributed by atoms with Gasteiger partial charge in [0, 0.05) is 29.8 Å². The molecule has 1 N–H and O–H groups in total. The maximum atomic E-state index is 12.9. The number of anilines is 1. The van der Waals surface area contributed by atoms with Gasteiger partial charge in [-0.05, 0) is 25.1 Å². The Hall–Kier alpha value is -3.20. The lowest BCUT2D eigenvalue weighted by Gasteiger charge is -2.14. The lowest BCUT2D eigenvalue weighted by molar-refractivity contribution is 0.395. The van der Waals surface area contributed by atoms with Crippen LogP contribution in [0.15, 0.2) is 51.9 Å². The molecule has 1 heterocycles. The topological polar surface area (TPSA) is 99.9 Å². The Kier molecular flexibility index (Phi) is 5.46. The number of sulfonamides is 1. The maximum absolute atomic E-state index is 12.9. The average Bonchev–Trinajstić information content (AvgIpc) is 3.13. The largest absolute Gasteiger partial charge is 0.497 e. The molecule has 148 valence electrons. The molecule has 0 saturated heterocycles. The minimum absolute atomic E-state index is 0.0169. The van der Waals surface area contributed by atoms with E-state index in [4.69, 9.17) is 18.7 Å². The smallest absolute Gasteiger partial charge is 0.265 e. The number of ether oxygens (including phenoxy) is 3. The highest BCUT2D eigenvalue weighted by Crippen LogP contribution is 2.33. The van der Waals surface area contributed by atoms with Crippen molar-refractivity contribution in [3.05, 3.63) is 48.2 Å². The van der Waals surface area contributed by atoms with Crippen molar-refractivity contribution in [3.8, 4) is 28.6 Å². The van der Waals surface area contributed by atoms with Crippen molar-refractivity contribution in [3.63, 3.8) is 0 Å². The lowest BCUT2D eigenvalue weighted by Crippen LogP contribution is -2.14. The summed E-state index contributed by atoms with van der Waals surface area (Å²) in [6.45, 7) is 1.80. The fraction of sp³-hybridized carbons (Fsp3) is 0.211. The number of hydrogen-bond acceptors (Lipinski definition) is 7. The van der Waals surface area contributed by atoms with E-state index in [0.29, 0.717) is 28.5 Å². The Bertz CT molecular complexity index is 1070. The van der Waals surface area contributed by atoms with E-state index in [-0.39, 0.29) is 10.6 Å². The Morgan fingerprint density at radius 2 is 1.61 bits per heavy atom. The Morgan fingerprint density at radius 3 is 2.14 bits per heavy atom. The van der Waals surface area contributed by atoms with E-state index >= 15 is 0 Å². The van der Waals surface area contributed by atoms with Crippen LogP contribution in [0, 0.1) is 6.92 Å². The summed E-state index contributed by atoms with van der Waals surface area (Å²) in [5, 5.41) is 3.84. The zero-order valence-corrected chi connectivity index (χ0v) is 16.7. The standard InChI is InChI=1S/C19H20N2O6S/c1-12-7-17(27-20-12)13-5-6-19(18(8-13)26-4)28(22,23)21-14-9-15(24-2)11-16(10-14)25-3/h5-11,21H,1-4H3. The lowest BCUT2D eigenvalue weighted by atomic mass is 10.1. The Labute approximate surface area is 163 Å². The highest BCUT2D eigenvalue weighted by molar-refractivity contribution is 7.92. The van der Waals surface area contributed by atoms with E-state index in [1.807, 2.05) is 0 Å². The van der Waals surface area contributed by atoms with Gasteiger partial charge in [-0.3, -0.25) is 4.72 Å². The second-order valence-electron chi connectivity index (χ2n) is 5.91. The van der Waals surface area contributed by atoms with E-state index in [1.165, 1.54) is 27.4 Å². The SMILES string of the molecule is COc1cc(NS(=O)(=O)c2ccc(-c3cc(C)no3)cc2OC)cc(OC)c1. The molecular formula is C19H20N2O6S. The van der Waals surface area contributed by atoms with E-state index < -0.39 is 10.0 Å². The number of hydrogen-bond donors (Lipinski definition) is 1. The summed E-state index contributed by atoms with van der Waals surface area (Å²) in [5.41, 5.74) is 1.67. The molecule has 0 bridgehead atoms. The zero-order chi connectivity index (χ0) is 20.3. The van der Waals surface area contributed by atoms with Crippen LogP contribution < -0.4 is 18.9 Å². The molecule has 1 aromatic heterocycles. The molecule has 0 spiro atoms. The van der Waals surface area contributed by atoms with Crippen LogP contribution in [0.25, 0.3) is 11.3 Å². The van der Waals surface area contributed by atoms with Crippen molar-refractivity contribution < 1.29 is 27.2 Å². The highest BCUT2D eigenvalue weighted by atomic mass is 32.2. The van der Waals surface area contributed by atoms with Crippen LogP contribution >= 0.6 is 0 Å². The van der Waals surface area contributed by atoms with Crippen LogP contribution in [0.4, 0.5) is 5.69 Å². The minimum Gasteiger partial charge on any atom is -0.497 e. The zero-order valence-electron chi connectivity index (χ0n) is 15.8. The summed E-state index contributed by atoms with van der Waals surface area (Å²) in [6, 6.07) is 11.2. The van der Waals surface area contributed by atoms with Gasteiger partial charge in [0.1, 0.15) is 22.1 Å². The van der Waals surface area contributed by atoms with Gasteiger partial charge in [-0.2, -0.15) is 0 Å². The maximum Gasteiger partial charge on any atom is 0.265 e.